The molecule has 1 aromatic rings. The van der Waals surface area contributed by atoms with Crippen LogP contribution in [0.15, 0.2) is 35.2 Å². The second kappa shape index (κ2) is 25.8. The molecular weight excluding hydrogens is 466 g/mol. The van der Waals surface area contributed by atoms with Crippen LogP contribution in [0.5, 0.6) is 0 Å². The average molecular weight is 533 g/mol. The summed E-state index contributed by atoms with van der Waals surface area (Å²) in [6, 6.07) is 10.9. The molecule has 1 rings (SSSR count). The molecule has 37 heavy (non-hydrogen) atoms. The Morgan fingerprint density at radius 2 is 0.811 bits per heavy atom. The van der Waals surface area contributed by atoms with Crippen molar-refractivity contribution < 1.29 is 4.48 Å². The van der Waals surface area contributed by atoms with Crippen LogP contribution in [0.2, 0.25) is 0 Å². The normalized spacial score (nSPS) is 11.9. The summed E-state index contributed by atoms with van der Waals surface area (Å²) in [6.45, 7) is 8.81. The van der Waals surface area contributed by atoms with Crippen LogP contribution in [-0.2, 0) is 0 Å². The molecule has 0 spiro atoms. The molecule has 0 aliphatic carbocycles. The van der Waals surface area contributed by atoms with E-state index in [1.807, 2.05) is 11.8 Å². The Labute approximate surface area is 238 Å². The van der Waals surface area contributed by atoms with E-state index in [4.69, 9.17) is 0 Å². The van der Waals surface area contributed by atoms with E-state index in [2.05, 4.69) is 51.2 Å². The monoisotopic (exact) mass is 532 g/mol. The van der Waals surface area contributed by atoms with Gasteiger partial charge in [0.05, 0.1) is 26.7 Å². The second-order valence-corrected chi connectivity index (χ2v) is 13.2. The maximum atomic E-state index is 2.58. The first-order chi connectivity index (χ1) is 18.2. The molecule has 0 atom stereocenters. The van der Waals surface area contributed by atoms with Crippen molar-refractivity contribution in [2.24, 2.45) is 0 Å². The average Bonchev–Trinajstić information content (AvgIpc) is 2.91. The molecular formula is C35H66NS+. The van der Waals surface area contributed by atoms with E-state index in [1.165, 1.54) is 176 Å². The van der Waals surface area contributed by atoms with Crippen molar-refractivity contribution in [1.29, 1.82) is 0 Å². The first-order valence-electron chi connectivity index (χ1n) is 16.7. The molecule has 0 unspecified atom stereocenters. The quantitative estimate of drug-likeness (QED) is 0.0587. The van der Waals surface area contributed by atoms with Crippen LogP contribution >= 0.6 is 11.8 Å². The van der Waals surface area contributed by atoms with Gasteiger partial charge in [-0.3, -0.25) is 0 Å². The van der Waals surface area contributed by atoms with Crippen LogP contribution in [0.1, 0.15) is 155 Å². The summed E-state index contributed by atoms with van der Waals surface area (Å²) in [4.78, 5) is 1.43. The Balaban J connectivity index is 2.22. The summed E-state index contributed by atoms with van der Waals surface area (Å²) in [6.07, 6.45) is 31.6. The summed E-state index contributed by atoms with van der Waals surface area (Å²) < 4.78 is 1.32. The highest BCUT2D eigenvalue weighted by Crippen LogP contribution is 2.20. The van der Waals surface area contributed by atoms with Gasteiger partial charge in [-0.15, -0.1) is 11.8 Å². The third-order valence-corrected chi connectivity index (χ3v) is 9.31. The van der Waals surface area contributed by atoms with Crippen molar-refractivity contribution >= 4 is 11.8 Å². The van der Waals surface area contributed by atoms with Crippen LogP contribution in [0.25, 0.3) is 0 Å². The zero-order valence-corrected chi connectivity index (χ0v) is 26.4. The van der Waals surface area contributed by atoms with Gasteiger partial charge in [-0.2, -0.15) is 0 Å². The van der Waals surface area contributed by atoms with Crippen molar-refractivity contribution in [3.8, 4) is 0 Å². The van der Waals surface area contributed by atoms with Crippen LogP contribution in [-0.4, -0.2) is 36.9 Å². The molecule has 0 saturated heterocycles. The van der Waals surface area contributed by atoms with Crippen LogP contribution in [0, 0.1) is 0 Å². The van der Waals surface area contributed by atoms with E-state index in [0.717, 1.165) is 0 Å². The zero-order chi connectivity index (χ0) is 26.7. The lowest BCUT2D eigenvalue weighted by molar-refractivity contribution is -0.910. The molecule has 0 radical (unpaired) electrons. The maximum Gasteiger partial charge on any atom is 0.0784 e. The minimum atomic E-state index is 1.26. The van der Waals surface area contributed by atoms with E-state index in [9.17, 15) is 0 Å². The fraction of sp³-hybridized carbons (Fsp3) is 0.829. The van der Waals surface area contributed by atoms with E-state index in [-0.39, 0.29) is 0 Å². The molecule has 0 amide bonds. The lowest BCUT2D eigenvalue weighted by Gasteiger charge is -2.35. The van der Waals surface area contributed by atoms with Gasteiger partial charge in [-0.1, -0.05) is 135 Å². The highest BCUT2D eigenvalue weighted by molar-refractivity contribution is 7.99. The van der Waals surface area contributed by atoms with Crippen molar-refractivity contribution in [2.75, 3.05) is 32.4 Å². The molecule has 0 heterocycles. The van der Waals surface area contributed by atoms with Gasteiger partial charge in [-0.25, -0.2) is 0 Å². The third kappa shape index (κ3) is 22.1. The van der Waals surface area contributed by atoms with Gasteiger partial charge in [0.25, 0.3) is 0 Å². The van der Waals surface area contributed by atoms with E-state index in [1.54, 1.807) is 0 Å². The predicted octanol–water partition coefficient (Wildman–Crippen LogP) is 11.8. The van der Waals surface area contributed by atoms with Gasteiger partial charge in [0, 0.05) is 4.90 Å². The molecule has 0 fully saturated rings. The number of hydrogen-bond donors (Lipinski definition) is 0. The zero-order valence-electron chi connectivity index (χ0n) is 25.6. The molecule has 1 nitrogen and oxygen atoms in total. The van der Waals surface area contributed by atoms with Gasteiger partial charge in [0.15, 0.2) is 0 Å². The lowest BCUT2D eigenvalue weighted by atomic mass is 10.1. The first kappa shape index (κ1) is 34.6. The number of thioether (sulfide) groups is 1. The Bertz CT molecular complexity index is 548. The standard InChI is InChI=1S/C35H66NS/c1-4-6-8-10-12-14-16-18-20-25-31-36(3,32-26-21-19-17-15-13-11-9-7-5-2)33-27-28-34-37-35-29-23-22-24-30-35/h22-24,29-30H,4-21,25-28,31-34H2,1-3H3/q+1. The summed E-state index contributed by atoms with van der Waals surface area (Å²) in [5.74, 6) is 1.26. The second-order valence-electron chi connectivity index (χ2n) is 12.0. The van der Waals surface area contributed by atoms with Crippen molar-refractivity contribution in [3.63, 3.8) is 0 Å². The molecule has 0 aromatic heterocycles. The Kier molecular flexibility index (Phi) is 24.1. The number of nitrogens with zero attached hydrogens (tertiary/aromatic N) is 1. The topological polar surface area (TPSA) is 0 Å². The fourth-order valence-corrected chi connectivity index (χ4v) is 6.53. The smallest absolute Gasteiger partial charge is 0.0784 e. The molecule has 0 aliphatic rings. The summed E-state index contributed by atoms with van der Waals surface area (Å²) >= 11 is 2.03. The van der Waals surface area contributed by atoms with Crippen molar-refractivity contribution in [3.05, 3.63) is 30.3 Å². The Morgan fingerprint density at radius 1 is 0.459 bits per heavy atom. The minimum Gasteiger partial charge on any atom is -0.326 e. The lowest BCUT2D eigenvalue weighted by Crippen LogP contribution is -2.46. The molecule has 0 bridgehead atoms. The van der Waals surface area contributed by atoms with Gasteiger partial charge in [-0.05, 0) is 56.4 Å². The number of hydrogen-bond acceptors (Lipinski definition) is 1. The minimum absolute atomic E-state index is 1.26. The van der Waals surface area contributed by atoms with Crippen LogP contribution < -0.4 is 0 Å². The highest BCUT2D eigenvalue weighted by Gasteiger charge is 2.20. The predicted molar refractivity (Wildman–Crippen MR) is 171 cm³/mol. The molecule has 0 saturated carbocycles. The molecule has 1 aromatic carbocycles. The Morgan fingerprint density at radius 3 is 1.22 bits per heavy atom. The maximum absolute atomic E-state index is 2.58. The summed E-state index contributed by atoms with van der Waals surface area (Å²) in [5, 5.41) is 0. The molecule has 2 heteroatoms. The van der Waals surface area contributed by atoms with Crippen molar-refractivity contribution in [1.82, 2.24) is 0 Å². The number of rotatable bonds is 28. The van der Waals surface area contributed by atoms with Gasteiger partial charge < -0.3 is 4.48 Å². The number of benzene rings is 1. The highest BCUT2D eigenvalue weighted by atomic mass is 32.2. The summed E-state index contributed by atoms with van der Waals surface area (Å²) in [5.41, 5.74) is 0. The third-order valence-electron chi connectivity index (χ3n) is 8.21. The van der Waals surface area contributed by atoms with E-state index < -0.39 is 0 Å². The number of quaternary nitrogens is 1. The van der Waals surface area contributed by atoms with E-state index >= 15 is 0 Å². The van der Waals surface area contributed by atoms with E-state index in [0.29, 0.717) is 0 Å². The van der Waals surface area contributed by atoms with Crippen LogP contribution in [0.3, 0.4) is 0 Å². The van der Waals surface area contributed by atoms with Gasteiger partial charge in [0.1, 0.15) is 0 Å². The molecule has 216 valence electrons. The van der Waals surface area contributed by atoms with Crippen LogP contribution in [0.4, 0.5) is 0 Å². The molecule has 0 N–H and O–H groups in total. The Hall–Kier alpha value is -0.470. The molecule has 0 aliphatic heterocycles. The first-order valence-corrected chi connectivity index (χ1v) is 17.7. The van der Waals surface area contributed by atoms with Crippen molar-refractivity contribution in [2.45, 2.75) is 160 Å². The largest absolute Gasteiger partial charge is 0.326 e. The SMILES string of the molecule is CCCCCCCCCCCC[N+](C)(CCCCCCCCCCCC)CCCCSc1ccccc1. The number of unbranched alkanes of at least 4 members (excludes halogenated alkanes) is 19. The fourth-order valence-electron chi connectivity index (χ4n) is 5.60. The van der Waals surface area contributed by atoms with Gasteiger partial charge in [0.2, 0.25) is 0 Å². The van der Waals surface area contributed by atoms with Gasteiger partial charge >= 0.3 is 0 Å². The summed E-state index contributed by atoms with van der Waals surface area (Å²) in [7, 11) is 2.58.